The van der Waals surface area contributed by atoms with E-state index in [0.29, 0.717) is 26.4 Å². The maximum Gasteiger partial charge on any atom is 0.191 e. The van der Waals surface area contributed by atoms with E-state index in [1.54, 1.807) is 7.11 Å². The average Bonchev–Trinajstić information content (AvgIpc) is 2.68. The van der Waals surface area contributed by atoms with Crippen molar-refractivity contribution in [3.8, 4) is 0 Å². The van der Waals surface area contributed by atoms with Crippen molar-refractivity contribution in [2.75, 3.05) is 59.7 Å². The number of hydrogen-bond donors (Lipinski definition) is 2. The molecule has 0 aliphatic heterocycles. The Balaban J connectivity index is 0.00000676. The molecule has 0 bridgehead atoms. The van der Waals surface area contributed by atoms with Crippen LogP contribution in [0.2, 0.25) is 0 Å². The molecule has 156 valence electrons. The van der Waals surface area contributed by atoms with Crippen LogP contribution in [0.25, 0.3) is 0 Å². The van der Waals surface area contributed by atoms with E-state index < -0.39 is 0 Å². The van der Waals surface area contributed by atoms with E-state index in [1.165, 1.54) is 5.56 Å². The van der Waals surface area contributed by atoms with Crippen LogP contribution in [0.4, 0.5) is 0 Å². The SMILES string of the molecule is CCNC(=NCC(c1ccccc1)N(CC)CC)NCCOCCOC.I. The molecule has 6 nitrogen and oxygen atoms in total. The van der Waals surface area contributed by atoms with Gasteiger partial charge in [0, 0.05) is 20.2 Å². The highest BCUT2D eigenvalue weighted by atomic mass is 127. The van der Waals surface area contributed by atoms with Gasteiger partial charge in [0.1, 0.15) is 0 Å². The van der Waals surface area contributed by atoms with Crippen molar-refractivity contribution in [2.24, 2.45) is 4.99 Å². The third-order valence-electron chi connectivity index (χ3n) is 4.17. The molecular formula is C20H37IN4O2. The van der Waals surface area contributed by atoms with E-state index in [9.17, 15) is 0 Å². The number of methoxy groups -OCH3 is 1. The zero-order chi connectivity index (χ0) is 19.0. The van der Waals surface area contributed by atoms with Gasteiger partial charge in [-0.1, -0.05) is 44.2 Å². The van der Waals surface area contributed by atoms with Crippen LogP contribution in [-0.2, 0) is 9.47 Å². The summed E-state index contributed by atoms with van der Waals surface area (Å²) in [5.74, 6) is 0.830. The van der Waals surface area contributed by atoms with E-state index in [0.717, 1.165) is 32.1 Å². The molecule has 0 aliphatic rings. The number of hydrogen-bond acceptors (Lipinski definition) is 4. The molecule has 1 unspecified atom stereocenters. The lowest BCUT2D eigenvalue weighted by atomic mass is 10.1. The van der Waals surface area contributed by atoms with E-state index in [-0.39, 0.29) is 30.0 Å². The van der Waals surface area contributed by atoms with Crippen molar-refractivity contribution in [2.45, 2.75) is 26.8 Å². The van der Waals surface area contributed by atoms with Gasteiger partial charge in [-0.15, -0.1) is 24.0 Å². The molecule has 0 fully saturated rings. The van der Waals surface area contributed by atoms with Crippen LogP contribution >= 0.6 is 24.0 Å². The first-order valence-electron chi connectivity index (χ1n) is 9.64. The van der Waals surface area contributed by atoms with E-state index in [4.69, 9.17) is 14.5 Å². The molecule has 0 saturated carbocycles. The Morgan fingerprint density at radius 2 is 1.74 bits per heavy atom. The van der Waals surface area contributed by atoms with Crippen LogP contribution in [0.15, 0.2) is 35.3 Å². The maximum atomic E-state index is 5.49. The minimum Gasteiger partial charge on any atom is -0.382 e. The van der Waals surface area contributed by atoms with Crippen molar-refractivity contribution in [1.29, 1.82) is 0 Å². The van der Waals surface area contributed by atoms with Crippen molar-refractivity contribution >= 4 is 29.9 Å². The van der Waals surface area contributed by atoms with Gasteiger partial charge >= 0.3 is 0 Å². The fourth-order valence-electron chi connectivity index (χ4n) is 2.78. The second kappa shape index (κ2) is 17.2. The molecule has 0 saturated heterocycles. The predicted octanol–water partition coefficient (Wildman–Crippen LogP) is 2.91. The second-order valence-electron chi connectivity index (χ2n) is 5.90. The van der Waals surface area contributed by atoms with Gasteiger partial charge in [-0.25, -0.2) is 0 Å². The van der Waals surface area contributed by atoms with Gasteiger partial charge in [0.05, 0.1) is 32.4 Å². The summed E-state index contributed by atoms with van der Waals surface area (Å²) >= 11 is 0. The lowest BCUT2D eigenvalue weighted by Gasteiger charge is -2.29. The van der Waals surface area contributed by atoms with Crippen LogP contribution in [0.3, 0.4) is 0 Å². The Kier molecular flexibility index (Phi) is 16.6. The molecule has 2 N–H and O–H groups in total. The minimum absolute atomic E-state index is 0. The normalized spacial score (nSPS) is 12.6. The summed E-state index contributed by atoms with van der Waals surface area (Å²) in [5.41, 5.74) is 1.30. The van der Waals surface area contributed by atoms with Gasteiger partial charge < -0.3 is 20.1 Å². The number of likely N-dealkylation sites (N-methyl/N-ethyl adjacent to an activating group) is 1. The smallest absolute Gasteiger partial charge is 0.191 e. The Bertz CT molecular complexity index is 484. The van der Waals surface area contributed by atoms with Crippen molar-refractivity contribution in [1.82, 2.24) is 15.5 Å². The standard InChI is InChI=1S/C20H36N4O2.HI/c1-5-21-20(22-13-14-26-16-15-25-4)23-17-19(24(6-2)7-3)18-11-9-8-10-12-18;/h8-12,19H,5-7,13-17H2,1-4H3,(H2,21,22,23);1H. The molecule has 0 spiro atoms. The van der Waals surface area contributed by atoms with Gasteiger partial charge in [0.25, 0.3) is 0 Å². The summed E-state index contributed by atoms with van der Waals surface area (Å²) in [7, 11) is 1.68. The molecule has 0 aromatic heterocycles. The highest BCUT2D eigenvalue weighted by molar-refractivity contribution is 14.0. The van der Waals surface area contributed by atoms with Crippen molar-refractivity contribution < 1.29 is 9.47 Å². The quantitative estimate of drug-likeness (QED) is 0.192. The summed E-state index contributed by atoms with van der Waals surface area (Å²) in [6.07, 6.45) is 0. The van der Waals surface area contributed by atoms with E-state index >= 15 is 0 Å². The third kappa shape index (κ3) is 10.9. The van der Waals surface area contributed by atoms with Gasteiger partial charge in [0.2, 0.25) is 0 Å². The van der Waals surface area contributed by atoms with Crippen molar-refractivity contribution in [3.63, 3.8) is 0 Å². The highest BCUT2D eigenvalue weighted by Crippen LogP contribution is 2.20. The van der Waals surface area contributed by atoms with E-state index in [1.807, 2.05) is 0 Å². The average molecular weight is 492 g/mol. The maximum absolute atomic E-state index is 5.49. The van der Waals surface area contributed by atoms with Gasteiger partial charge in [-0.05, 0) is 25.6 Å². The Hall–Kier alpha value is -0.900. The number of rotatable bonds is 13. The van der Waals surface area contributed by atoms with Crippen LogP contribution in [0, 0.1) is 0 Å². The number of aliphatic imine (C=N–C) groups is 1. The molecule has 0 heterocycles. The van der Waals surface area contributed by atoms with Gasteiger partial charge in [-0.2, -0.15) is 0 Å². The summed E-state index contributed by atoms with van der Waals surface area (Å²) < 4.78 is 10.5. The lowest BCUT2D eigenvalue weighted by molar-refractivity contribution is 0.0733. The molecular weight excluding hydrogens is 455 g/mol. The summed E-state index contributed by atoms with van der Waals surface area (Å²) in [6.45, 7) is 12.6. The Labute approximate surface area is 182 Å². The molecule has 7 heteroatoms. The fourth-order valence-corrected chi connectivity index (χ4v) is 2.78. The topological polar surface area (TPSA) is 58.1 Å². The summed E-state index contributed by atoms with van der Waals surface area (Å²) in [4.78, 5) is 7.25. The molecule has 0 amide bonds. The van der Waals surface area contributed by atoms with Crippen LogP contribution in [0.5, 0.6) is 0 Å². The molecule has 0 aliphatic carbocycles. The summed E-state index contributed by atoms with van der Waals surface area (Å²) in [6, 6.07) is 10.9. The zero-order valence-corrected chi connectivity index (χ0v) is 19.6. The highest BCUT2D eigenvalue weighted by Gasteiger charge is 2.17. The zero-order valence-electron chi connectivity index (χ0n) is 17.2. The monoisotopic (exact) mass is 492 g/mol. The Morgan fingerprint density at radius 1 is 1.04 bits per heavy atom. The van der Waals surface area contributed by atoms with Crippen LogP contribution < -0.4 is 10.6 Å². The first-order valence-corrected chi connectivity index (χ1v) is 9.64. The van der Waals surface area contributed by atoms with Crippen molar-refractivity contribution in [3.05, 3.63) is 35.9 Å². The van der Waals surface area contributed by atoms with Gasteiger partial charge in [-0.3, -0.25) is 9.89 Å². The number of ether oxygens (including phenoxy) is 2. The second-order valence-corrected chi connectivity index (χ2v) is 5.90. The van der Waals surface area contributed by atoms with E-state index in [2.05, 4.69) is 66.6 Å². The number of nitrogens with one attached hydrogen (secondary N) is 2. The first-order chi connectivity index (χ1) is 12.8. The number of nitrogens with zero attached hydrogens (tertiary/aromatic N) is 2. The fraction of sp³-hybridized carbons (Fsp3) is 0.650. The predicted molar refractivity (Wildman–Crippen MR) is 124 cm³/mol. The molecule has 27 heavy (non-hydrogen) atoms. The third-order valence-corrected chi connectivity index (χ3v) is 4.17. The Morgan fingerprint density at radius 3 is 2.33 bits per heavy atom. The first kappa shape index (κ1) is 26.1. The van der Waals surface area contributed by atoms with Crippen LogP contribution in [-0.4, -0.2) is 70.5 Å². The molecule has 1 rings (SSSR count). The summed E-state index contributed by atoms with van der Waals surface area (Å²) in [5, 5.41) is 6.64. The minimum atomic E-state index is 0. The molecule has 0 radical (unpaired) electrons. The lowest BCUT2D eigenvalue weighted by Crippen LogP contribution is -2.40. The number of benzene rings is 1. The number of guanidine groups is 1. The molecule has 1 atom stereocenters. The molecule has 1 aromatic carbocycles. The largest absolute Gasteiger partial charge is 0.382 e. The number of halogens is 1. The molecule has 1 aromatic rings. The van der Waals surface area contributed by atoms with Crippen LogP contribution in [0.1, 0.15) is 32.4 Å². The van der Waals surface area contributed by atoms with Gasteiger partial charge in [0.15, 0.2) is 5.96 Å².